The molecule has 1 amide bonds. The molecule has 1 N–H and O–H groups in total. The summed E-state index contributed by atoms with van der Waals surface area (Å²) in [6, 6.07) is 0. The average molecular weight is 562 g/mol. The van der Waals surface area contributed by atoms with Crippen LogP contribution in [0.4, 0.5) is 4.79 Å². The van der Waals surface area contributed by atoms with Crippen molar-refractivity contribution in [3.63, 3.8) is 0 Å². The van der Waals surface area contributed by atoms with Crippen LogP contribution < -0.4 is 0 Å². The number of allylic oxidation sites excluding steroid dienone is 4. The van der Waals surface area contributed by atoms with Gasteiger partial charge in [-0.15, -0.1) is 0 Å². The lowest BCUT2D eigenvalue weighted by Crippen LogP contribution is -2.63. The molecule has 1 aliphatic heterocycles. The number of hydrogen-bond donors (Lipinski definition) is 1. The largest absolute Gasteiger partial charge is 0.441 e. The van der Waals surface area contributed by atoms with Gasteiger partial charge in [0.25, 0.3) is 0 Å². The number of ether oxygens (including phenoxy) is 3. The Bertz CT molecular complexity index is 1080. The van der Waals surface area contributed by atoms with E-state index in [4.69, 9.17) is 14.2 Å². The minimum absolute atomic E-state index is 0.00779. The molecule has 0 aromatic heterocycles. The van der Waals surface area contributed by atoms with Crippen LogP contribution >= 0.6 is 11.8 Å². The van der Waals surface area contributed by atoms with Gasteiger partial charge in [0.1, 0.15) is 0 Å². The molecule has 9 atom stereocenters. The summed E-state index contributed by atoms with van der Waals surface area (Å²) in [5.41, 5.74) is -1.26. The molecule has 216 valence electrons. The van der Waals surface area contributed by atoms with Crippen LogP contribution in [0.25, 0.3) is 0 Å². The summed E-state index contributed by atoms with van der Waals surface area (Å²) in [7, 11) is 1.67. The number of thioether (sulfide) groups is 1. The van der Waals surface area contributed by atoms with Gasteiger partial charge in [-0.3, -0.25) is 9.59 Å². The molecule has 5 rings (SSSR count). The first-order valence-electron chi connectivity index (χ1n) is 14.4. The van der Waals surface area contributed by atoms with E-state index in [2.05, 4.69) is 20.8 Å². The second kappa shape index (κ2) is 10.6. The predicted molar refractivity (Wildman–Crippen MR) is 148 cm³/mol. The number of rotatable bonds is 8. The first-order valence-corrected chi connectivity index (χ1v) is 15.8. The highest BCUT2D eigenvalue weighted by atomic mass is 32.2. The highest BCUT2D eigenvalue weighted by Crippen LogP contribution is 2.69. The summed E-state index contributed by atoms with van der Waals surface area (Å²) in [5.74, 6) is 0.686. The Morgan fingerprint density at radius 1 is 1.31 bits per heavy atom. The molecule has 0 aromatic carbocycles. The average Bonchev–Trinajstić information content (AvgIpc) is 3.38. The molecule has 0 bridgehead atoms. The van der Waals surface area contributed by atoms with Crippen molar-refractivity contribution in [3.05, 3.63) is 23.8 Å². The zero-order chi connectivity index (χ0) is 28.2. The van der Waals surface area contributed by atoms with E-state index >= 15 is 0 Å². The fourth-order valence-electron chi connectivity index (χ4n) is 8.67. The van der Waals surface area contributed by atoms with Crippen molar-refractivity contribution >= 4 is 29.4 Å². The Hall–Kier alpha value is -1.68. The summed E-state index contributed by atoms with van der Waals surface area (Å²) >= 11 is 1.64. The molecule has 1 heterocycles. The molecular formula is C30H43NO7S. The van der Waals surface area contributed by atoms with E-state index in [-0.39, 0.29) is 35.9 Å². The number of ketones is 2. The fourth-order valence-corrected chi connectivity index (χ4v) is 9.13. The van der Waals surface area contributed by atoms with E-state index < -0.39 is 41.0 Å². The number of carbonyl (C=O) groups is 3. The number of hydrogen-bond acceptors (Lipinski definition) is 8. The minimum atomic E-state index is -1.28. The van der Waals surface area contributed by atoms with Gasteiger partial charge in [-0.25, -0.2) is 4.79 Å². The van der Waals surface area contributed by atoms with Gasteiger partial charge in [0.15, 0.2) is 24.3 Å². The van der Waals surface area contributed by atoms with E-state index in [1.54, 1.807) is 31.0 Å². The molecule has 3 saturated carbocycles. The van der Waals surface area contributed by atoms with Crippen LogP contribution in [0.15, 0.2) is 23.8 Å². The second-order valence-electron chi connectivity index (χ2n) is 12.5. The van der Waals surface area contributed by atoms with Crippen molar-refractivity contribution in [3.8, 4) is 0 Å². The SMILES string of the molecule is CCCC1O[C@@H]2CC3[C@@H]4CCC5=CC(=O)C=C[C@]5(C)C4[C@@H](O)C[C@]3(C)[C@]2(C(=O)COC(=O)N(C)CCSC)O1. The number of carbonyl (C=O) groups excluding carboxylic acids is 3. The highest BCUT2D eigenvalue weighted by Gasteiger charge is 2.75. The maximum Gasteiger partial charge on any atom is 0.409 e. The normalized spacial score (nSPS) is 42.2. The smallest absolute Gasteiger partial charge is 0.409 e. The van der Waals surface area contributed by atoms with Crippen LogP contribution in [0.1, 0.15) is 59.3 Å². The number of fused-ring (bicyclic) bond motifs is 7. The lowest BCUT2D eigenvalue weighted by molar-refractivity contribution is -0.200. The van der Waals surface area contributed by atoms with Gasteiger partial charge in [-0.1, -0.05) is 38.8 Å². The molecule has 3 unspecified atom stereocenters. The van der Waals surface area contributed by atoms with E-state index in [9.17, 15) is 19.5 Å². The maximum absolute atomic E-state index is 14.1. The van der Waals surface area contributed by atoms with Gasteiger partial charge in [-0.2, -0.15) is 11.8 Å². The minimum Gasteiger partial charge on any atom is -0.441 e. The third-order valence-corrected chi connectivity index (χ3v) is 11.1. The van der Waals surface area contributed by atoms with Crippen molar-refractivity contribution in [2.75, 3.05) is 32.2 Å². The van der Waals surface area contributed by atoms with E-state index in [0.29, 0.717) is 25.8 Å². The quantitative estimate of drug-likeness (QED) is 0.472. The molecule has 1 saturated heterocycles. The second-order valence-corrected chi connectivity index (χ2v) is 13.5. The first-order chi connectivity index (χ1) is 18.5. The van der Waals surface area contributed by atoms with Crippen molar-refractivity contribution < 1.29 is 33.7 Å². The number of Topliss-reactive ketones (excluding diaryl/α,β-unsaturated/α-hetero) is 1. The standard InChI is InChI=1S/C30H43NO7S/c1-6-7-25-37-24-15-21-20-9-8-18-14-19(32)10-11-28(18,2)26(20)22(33)16-29(21,3)30(24,38-25)23(34)17-36-27(35)31(4)12-13-39-5/h10-11,14,20-22,24-26,33H,6-9,12-13,15-17H2,1-5H3/t20-,21?,22-,24+,25?,26?,28-,29-,30+/m0/s1. The Balaban J connectivity index is 1.44. The predicted octanol–water partition coefficient (Wildman–Crippen LogP) is 4.16. The van der Waals surface area contributed by atoms with Crippen LogP contribution in [0.5, 0.6) is 0 Å². The van der Waals surface area contributed by atoms with Gasteiger partial charge in [0.05, 0.1) is 12.2 Å². The Morgan fingerprint density at radius 3 is 2.79 bits per heavy atom. The zero-order valence-electron chi connectivity index (χ0n) is 23.8. The van der Waals surface area contributed by atoms with Crippen molar-refractivity contribution in [2.45, 2.75) is 83.4 Å². The Labute approximate surface area is 235 Å². The van der Waals surface area contributed by atoms with Gasteiger partial charge < -0.3 is 24.2 Å². The van der Waals surface area contributed by atoms with E-state index in [0.717, 1.165) is 30.6 Å². The van der Waals surface area contributed by atoms with Gasteiger partial charge >= 0.3 is 6.09 Å². The molecule has 4 aliphatic carbocycles. The summed E-state index contributed by atoms with van der Waals surface area (Å²) in [6.07, 6.45) is 9.37. The molecule has 4 fully saturated rings. The molecule has 8 nitrogen and oxygen atoms in total. The summed E-state index contributed by atoms with van der Waals surface area (Å²) in [4.78, 5) is 40.4. The molecule has 39 heavy (non-hydrogen) atoms. The number of amides is 1. The number of nitrogens with zero attached hydrogens (tertiary/aromatic N) is 1. The molecule has 0 spiro atoms. The van der Waals surface area contributed by atoms with E-state index in [1.165, 1.54) is 4.90 Å². The number of aliphatic hydroxyl groups excluding tert-OH is 1. The lowest BCUT2D eigenvalue weighted by Gasteiger charge is -2.59. The third kappa shape index (κ3) is 4.43. The van der Waals surface area contributed by atoms with Gasteiger partial charge in [0, 0.05) is 36.1 Å². The van der Waals surface area contributed by atoms with Crippen molar-refractivity contribution in [1.82, 2.24) is 4.90 Å². The lowest BCUT2D eigenvalue weighted by atomic mass is 9.46. The van der Waals surface area contributed by atoms with Crippen molar-refractivity contribution in [2.24, 2.45) is 28.6 Å². The van der Waals surface area contributed by atoms with Gasteiger partial charge in [0.2, 0.25) is 5.78 Å². The van der Waals surface area contributed by atoms with Crippen LogP contribution in [0.3, 0.4) is 0 Å². The zero-order valence-corrected chi connectivity index (χ0v) is 24.6. The summed E-state index contributed by atoms with van der Waals surface area (Å²) < 4.78 is 18.6. The molecular weight excluding hydrogens is 518 g/mol. The molecule has 0 aromatic rings. The maximum atomic E-state index is 14.1. The van der Waals surface area contributed by atoms with Crippen LogP contribution in [-0.2, 0) is 23.8 Å². The van der Waals surface area contributed by atoms with Crippen LogP contribution in [0, 0.1) is 28.6 Å². The molecule has 9 heteroatoms. The number of aliphatic hydroxyl groups is 1. The first kappa shape index (κ1) is 28.8. The Kier molecular flexibility index (Phi) is 7.85. The highest BCUT2D eigenvalue weighted by molar-refractivity contribution is 7.98. The topological polar surface area (TPSA) is 102 Å². The summed E-state index contributed by atoms with van der Waals surface area (Å²) in [6.45, 7) is 6.41. The molecule has 0 radical (unpaired) electrons. The van der Waals surface area contributed by atoms with Gasteiger partial charge in [-0.05, 0) is 62.3 Å². The fraction of sp³-hybridized carbons (Fsp3) is 0.767. The Morgan fingerprint density at radius 2 is 2.08 bits per heavy atom. The monoisotopic (exact) mass is 561 g/mol. The third-order valence-electron chi connectivity index (χ3n) is 10.5. The molecule has 5 aliphatic rings. The van der Waals surface area contributed by atoms with Crippen molar-refractivity contribution in [1.29, 1.82) is 0 Å². The summed E-state index contributed by atoms with van der Waals surface area (Å²) in [5, 5.41) is 11.8. The van der Waals surface area contributed by atoms with Crippen LogP contribution in [-0.4, -0.2) is 84.0 Å². The van der Waals surface area contributed by atoms with E-state index in [1.807, 2.05) is 12.3 Å². The van der Waals surface area contributed by atoms with Crippen LogP contribution in [0.2, 0.25) is 0 Å².